The second kappa shape index (κ2) is 4.90. The number of hydrogen-bond acceptors (Lipinski definition) is 1. The number of nitrogens with one attached hydrogen (secondary N) is 1. The molecule has 0 amide bonds. The highest BCUT2D eigenvalue weighted by Gasteiger charge is 2.32. The van der Waals surface area contributed by atoms with E-state index in [1.54, 1.807) is 0 Å². The first-order valence-corrected chi connectivity index (χ1v) is 7.71. The van der Waals surface area contributed by atoms with Gasteiger partial charge in [0.25, 0.3) is 0 Å². The molecule has 1 aliphatic carbocycles. The highest BCUT2D eigenvalue weighted by molar-refractivity contribution is 6.35. The monoisotopic (exact) mass is 296 g/mol. The third-order valence-corrected chi connectivity index (χ3v) is 4.99. The average molecular weight is 297 g/mol. The number of aromatic nitrogens is 1. The summed E-state index contributed by atoms with van der Waals surface area (Å²) in [6, 6.07) is 14.7. The molecule has 2 aromatic carbocycles. The summed E-state index contributed by atoms with van der Waals surface area (Å²) in [4.78, 5) is 3.35. The van der Waals surface area contributed by atoms with Gasteiger partial charge in [-0.15, -0.1) is 0 Å². The van der Waals surface area contributed by atoms with Gasteiger partial charge < -0.3 is 10.7 Å². The van der Waals surface area contributed by atoms with Gasteiger partial charge >= 0.3 is 0 Å². The zero-order chi connectivity index (χ0) is 14.4. The van der Waals surface area contributed by atoms with Crippen LogP contribution in [0.15, 0.2) is 48.7 Å². The van der Waals surface area contributed by atoms with E-state index in [2.05, 4.69) is 41.5 Å². The molecule has 0 spiro atoms. The lowest BCUT2D eigenvalue weighted by Gasteiger charge is -2.11. The number of nitrogens with two attached hydrogens (primary N) is 1. The Labute approximate surface area is 128 Å². The number of halogens is 1. The number of benzene rings is 2. The van der Waals surface area contributed by atoms with E-state index in [0.717, 1.165) is 22.3 Å². The van der Waals surface area contributed by atoms with Crippen molar-refractivity contribution in [3.05, 3.63) is 70.4 Å². The molecule has 0 saturated carbocycles. The van der Waals surface area contributed by atoms with Crippen molar-refractivity contribution in [3.8, 4) is 0 Å². The summed E-state index contributed by atoms with van der Waals surface area (Å²) in [5.74, 6) is 0.821. The lowest BCUT2D eigenvalue weighted by Crippen LogP contribution is -2.09. The molecule has 3 N–H and O–H groups in total. The standard InChI is InChI=1S/C18H17ClN2/c19-16-6-3-7-17-18(16)15(10-21-17)14-8-11(9-20)12-4-1-2-5-13(12)14/h1-7,10-11,14,21H,8-9,20H2/t11-,14-/m1/s1. The van der Waals surface area contributed by atoms with E-state index in [-0.39, 0.29) is 0 Å². The van der Waals surface area contributed by atoms with Crippen molar-refractivity contribution < 1.29 is 0 Å². The van der Waals surface area contributed by atoms with Gasteiger partial charge in [0.1, 0.15) is 0 Å². The van der Waals surface area contributed by atoms with Crippen LogP contribution in [0.2, 0.25) is 5.02 Å². The molecule has 0 fully saturated rings. The van der Waals surface area contributed by atoms with Crippen LogP contribution in [0.5, 0.6) is 0 Å². The summed E-state index contributed by atoms with van der Waals surface area (Å²) in [6.45, 7) is 0.698. The van der Waals surface area contributed by atoms with Crippen LogP contribution in [0.4, 0.5) is 0 Å². The lowest BCUT2D eigenvalue weighted by molar-refractivity contribution is 0.647. The largest absolute Gasteiger partial charge is 0.361 e. The van der Waals surface area contributed by atoms with Gasteiger partial charge in [0, 0.05) is 23.0 Å². The number of H-pyrrole nitrogens is 1. The number of hydrogen-bond donors (Lipinski definition) is 2. The minimum absolute atomic E-state index is 0.378. The summed E-state index contributed by atoms with van der Waals surface area (Å²) >= 11 is 6.43. The van der Waals surface area contributed by atoms with Crippen molar-refractivity contribution in [2.45, 2.75) is 18.3 Å². The van der Waals surface area contributed by atoms with Gasteiger partial charge in [0.2, 0.25) is 0 Å². The van der Waals surface area contributed by atoms with Gasteiger partial charge in [0.15, 0.2) is 0 Å². The molecule has 2 nitrogen and oxygen atoms in total. The maximum absolute atomic E-state index is 6.43. The Balaban J connectivity index is 1.91. The average Bonchev–Trinajstić information content (AvgIpc) is 3.09. The normalized spacial score (nSPS) is 20.9. The fourth-order valence-electron chi connectivity index (χ4n) is 3.70. The summed E-state index contributed by atoms with van der Waals surface area (Å²) < 4.78 is 0. The Hall–Kier alpha value is -1.77. The zero-order valence-electron chi connectivity index (χ0n) is 11.6. The number of rotatable bonds is 2. The first-order chi connectivity index (χ1) is 10.3. The molecule has 3 aromatic rings. The molecule has 3 heteroatoms. The van der Waals surface area contributed by atoms with Gasteiger partial charge in [0.05, 0.1) is 5.02 Å². The molecule has 2 atom stereocenters. The molecular weight excluding hydrogens is 280 g/mol. The van der Waals surface area contributed by atoms with Crippen LogP contribution in [0.25, 0.3) is 10.9 Å². The summed E-state index contributed by atoms with van der Waals surface area (Å²) in [6.07, 6.45) is 3.17. The van der Waals surface area contributed by atoms with Gasteiger partial charge in [-0.05, 0) is 47.7 Å². The Morgan fingerprint density at radius 1 is 1.05 bits per heavy atom. The third kappa shape index (κ3) is 1.90. The minimum atomic E-state index is 0.378. The molecule has 0 aliphatic heterocycles. The summed E-state index contributed by atoms with van der Waals surface area (Å²) in [7, 11) is 0. The molecular formula is C18H17ClN2. The lowest BCUT2D eigenvalue weighted by atomic mass is 9.92. The second-order valence-corrected chi connectivity index (χ2v) is 6.16. The number of fused-ring (bicyclic) bond motifs is 2. The van der Waals surface area contributed by atoms with Crippen molar-refractivity contribution in [2.75, 3.05) is 6.54 Å². The summed E-state index contributed by atoms with van der Waals surface area (Å²) in [5, 5.41) is 1.97. The predicted octanol–water partition coefficient (Wildman–Crippen LogP) is 4.40. The first-order valence-electron chi connectivity index (χ1n) is 7.34. The molecule has 1 heterocycles. The van der Waals surface area contributed by atoms with E-state index >= 15 is 0 Å². The molecule has 0 bridgehead atoms. The Morgan fingerprint density at radius 3 is 2.67 bits per heavy atom. The fraction of sp³-hybridized carbons (Fsp3) is 0.222. The van der Waals surface area contributed by atoms with Crippen molar-refractivity contribution in [2.24, 2.45) is 5.73 Å². The van der Waals surface area contributed by atoms with Crippen molar-refractivity contribution in [1.82, 2.24) is 4.98 Å². The minimum Gasteiger partial charge on any atom is -0.361 e. The highest BCUT2D eigenvalue weighted by atomic mass is 35.5. The van der Waals surface area contributed by atoms with Crippen LogP contribution in [0.3, 0.4) is 0 Å². The highest BCUT2D eigenvalue weighted by Crippen LogP contribution is 2.47. The van der Waals surface area contributed by atoms with Crippen molar-refractivity contribution in [3.63, 3.8) is 0 Å². The van der Waals surface area contributed by atoms with E-state index in [1.807, 2.05) is 12.1 Å². The Bertz CT molecular complexity index is 806. The van der Waals surface area contributed by atoms with Crippen LogP contribution >= 0.6 is 11.6 Å². The zero-order valence-corrected chi connectivity index (χ0v) is 12.4. The van der Waals surface area contributed by atoms with Crippen molar-refractivity contribution in [1.29, 1.82) is 0 Å². The molecule has 4 rings (SSSR count). The molecule has 1 aromatic heterocycles. The van der Waals surface area contributed by atoms with Gasteiger partial charge in [-0.25, -0.2) is 0 Å². The Morgan fingerprint density at radius 2 is 1.86 bits per heavy atom. The molecule has 0 radical (unpaired) electrons. The van der Waals surface area contributed by atoms with E-state index in [0.29, 0.717) is 18.4 Å². The van der Waals surface area contributed by atoms with E-state index in [4.69, 9.17) is 17.3 Å². The molecule has 106 valence electrons. The van der Waals surface area contributed by atoms with Gasteiger partial charge in [-0.3, -0.25) is 0 Å². The molecule has 0 unspecified atom stereocenters. The first kappa shape index (κ1) is 12.9. The van der Waals surface area contributed by atoms with Crippen LogP contribution in [-0.2, 0) is 0 Å². The topological polar surface area (TPSA) is 41.8 Å². The predicted molar refractivity (Wildman–Crippen MR) is 88.0 cm³/mol. The Kier molecular flexibility index (Phi) is 3.02. The molecule has 0 saturated heterocycles. The van der Waals surface area contributed by atoms with Crippen LogP contribution in [0, 0.1) is 0 Å². The molecule has 21 heavy (non-hydrogen) atoms. The molecule has 1 aliphatic rings. The van der Waals surface area contributed by atoms with Crippen LogP contribution in [0.1, 0.15) is 34.9 Å². The van der Waals surface area contributed by atoms with E-state index in [9.17, 15) is 0 Å². The van der Waals surface area contributed by atoms with Gasteiger partial charge in [-0.2, -0.15) is 0 Å². The maximum atomic E-state index is 6.43. The third-order valence-electron chi connectivity index (χ3n) is 4.68. The van der Waals surface area contributed by atoms with E-state index in [1.165, 1.54) is 16.7 Å². The van der Waals surface area contributed by atoms with Gasteiger partial charge in [-0.1, -0.05) is 41.9 Å². The summed E-state index contributed by atoms with van der Waals surface area (Å²) in [5.41, 5.74) is 11.2. The van der Waals surface area contributed by atoms with Crippen LogP contribution in [-0.4, -0.2) is 11.5 Å². The van der Waals surface area contributed by atoms with E-state index < -0.39 is 0 Å². The maximum Gasteiger partial charge on any atom is 0.0502 e. The fourth-order valence-corrected chi connectivity index (χ4v) is 3.98. The smallest absolute Gasteiger partial charge is 0.0502 e. The number of aromatic amines is 1. The second-order valence-electron chi connectivity index (χ2n) is 5.76. The quantitative estimate of drug-likeness (QED) is 0.723. The SMILES string of the molecule is NC[C@H]1C[C@@H](c2c[nH]c3cccc(Cl)c23)c2ccccc21. The van der Waals surface area contributed by atoms with Crippen LogP contribution < -0.4 is 5.73 Å². The van der Waals surface area contributed by atoms with Crippen molar-refractivity contribution >= 4 is 22.5 Å².